The summed E-state index contributed by atoms with van der Waals surface area (Å²) in [5.41, 5.74) is 5.40. The highest BCUT2D eigenvalue weighted by Crippen LogP contribution is 1.98. The Morgan fingerprint density at radius 3 is 2.93 bits per heavy atom. The lowest BCUT2D eigenvalue weighted by atomic mass is 10.2. The van der Waals surface area contributed by atoms with E-state index in [1.54, 1.807) is 13.8 Å². The molecule has 0 saturated carbocycles. The lowest BCUT2D eigenvalue weighted by Crippen LogP contribution is -2.39. The molecule has 2 atom stereocenters. The summed E-state index contributed by atoms with van der Waals surface area (Å²) in [6.45, 7) is 3.68. The van der Waals surface area contributed by atoms with Gasteiger partial charge in [-0.2, -0.15) is 0 Å². The Bertz CT molecular complexity index is 375. The Morgan fingerprint density at radius 1 is 1.73 bits per heavy atom. The molecule has 1 rings (SSSR count). The van der Waals surface area contributed by atoms with Crippen molar-refractivity contribution in [3.05, 3.63) is 22.2 Å². The Hall–Kier alpha value is -1.40. The fourth-order valence-corrected chi connectivity index (χ4v) is 1.06. The number of aryl methyl sites for hydroxylation is 1. The van der Waals surface area contributed by atoms with Crippen LogP contribution in [0.15, 0.2) is 10.9 Å². The maximum Gasteiger partial charge on any atom is 0.252 e. The minimum absolute atomic E-state index is 0.212. The molecule has 0 spiro atoms. The van der Waals surface area contributed by atoms with E-state index >= 15 is 0 Å². The third-order valence-corrected chi connectivity index (χ3v) is 2.00. The maximum absolute atomic E-state index is 11.1. The van der Waals surface area contributed by atoms with E-state index < -0.39 is 6.10 Å². The molecule has 6 heteroatoms. The molecule has 0 bridgehead atoms. The third kappa shape index (κ3) is 3.69. The first-order valence-corrected chi connectivity index (χ1v) is 4.74. The van der Waals surface area contributed by atoms with Crippen molar-refractivity contribution in [2.75, 3.05) is 11.9 Å². The van der Waals surface area contributed by atoms with Crippen LogP contribution in [0.2, 0.25) is 0 Å². The second kappa shape index (κ2) is 4.90. The molecule has 0 aromatic carbocycles. The van der Waals surface area contributed by atoms with Crippen molar-refractivity contribution >= 4 is 5.82 Å². The van der Waals surface area contributed by atoms with Gasteiger partial charge in [-0.3, -0.25) is 4.79 Å². The average Bonchev–Trinajstić information content (AvgIpc) is 2.12. The number of nitrogens with two attached hydrogens (primary N) is 1. The molecular formula is C9H16N4O2. The zero-order valence-electron chi connectivity index (χ0n) is 8.82. The van der Waals surface area contributed by atoms with Gasteiger partial charge in [0.05, 0.1) is 6.10 Å². The van der Waals surface area contributed by atoms with E-state index in [0.29, 0.717) is 18.2 Å². The molecule has 1 aromatic heterocycles. The smallest absolute Gasteiger partial charge is 0.252 e. The van der Waals surface area contributed by atoms with Crippen molar-refractivity contribution in [3.8, 4) is 0 Å². The zero-order valence-corrected chi connectivity index (χ0v) is 8.82. The van der Waals surface area contributed by atoms with E-state index in [-0.39, 0.29) is 11.6 Å². The third-order valence-electron chi connectivity index (χ3n) is 2.00. The number of aromatic nitrogens is 2. The van der Waals surface area contributed by atoms with Gasteiger partial charge in [0.1, 0.15) is 11.6 Å². The van der Waals surface area contributed by atoms with Gasteiger partial charge in [0.25, 0.3) is 5.56 Å². The number of hydrogen-bond acceptors (Lipinski definition) is 5. The molecule has 0 aliphatic carbocycles. The summed E-state index contributed by atoms with van der Waals surface area (Å²) in [6, 6.07) is 0.966. The number of H-pyrrole nitrogens is 1. The molecule has 15 heavy (non-hydrogen) atoms. The first kappa shape index (κ1) is 11.7. The van der Waals surface area contributed by atoms with Crippen LogP contribution in [0.1, 0.15) is 12.7 Å². The topological polar surface area (TPSA) is 104 Å². The molecule has 6 nitrogen and oxygen atoms in total. The molecule has 1 aromatic rings. The molecule has 0 saturated heterocycles. The molecule has 84 valence electrons. The van der Waals surface area contributed by atoms with Gasteiger partial charge in [0, 0.05) is 18.7 Å². The summed E-state index contributed by atoms with van der Waals surface area (Å²) in [6.07, 6.45) is -0.597. The van der Waals surface area contributed by atoms with Crippen LogP contribution in [0.3, 0.4) is 0 Å². The second-order valence-corrected chi connectivity index (χ2v) is 3.50. The second-order valence-electron chi connectivity index (χ2n) is 3.50. The maximum atomic E-state index is 11.1. The van der Waals surface area contributed by atoms with E-state index in [1.807, 2.05) is 0 Å². The molecule has 1 heterocycles. The van der Waals surface area contributed by atoms with Crippen molar-refractivity contribution in [1.29, 1.82) is 0 Å². The summed E-state index contributed by atoms with van der Waals surface area (Å²) >= 11 is 0. The van der Waals surface area contributed by atoms with Crippen LogP contribution in [0.25, 0.3) is 0 Å². The van der Waals surface area contributed by atoms with Crippen molar-refractivity contribution < 1.29 is 5.11 Å². The summed E-state index contributed by atoms with van der Waals surface area (Å²) in [7, 11) is 0. The van der Waals surface area contributed by atoms with Crippen molar-refractivity contribution in [3.63, 3.8) is 0 Å². The molecule has 5 N–H and O–H groups in total. The number of nitrogens with zero attached hydrogens (tertiary/aromatic N) is 1. The van der Waals surface area contributed by atoms with Gasteiger partial charge < -0.3 is 21.1 Å². The number of rotatable bonds is 4. The van der Waals surface area contributed by atoms with Gasteiger partial charge in [0.2, 0.25) is 0 Å². The van der Waals surface area contributed by atoms with Crippen molar-refractivity contribution in [1.82, 2.24) is 9.97 Å². The lowest BCUT2D eigenvalue weighted by molar-refractivity contribution is 0.168. The molecule has 0 aliphatic heterocycles. The van der Waals surface area contributed by atoms with Crippen LogP contribution < -0.4 is 16.6 Å². The number of nitrogens with one attached hydrogen (secondary N) is 2. The molecule has 0 radical (unpaired) electrons. The first-order chi connectivity index (χ1) is 6.99. The number of aromatic amines is 1. The number of anilines is 1. The van der Waals surface area contributed by atoms with Crippen LogP contribution in [-0.4, -0.2) is 33.8 Å². The van der Waals surface area contributed by atoms with Gasteiger partial charge in [-0.25, -0.2) is 4.98 Å². The summed E-state index contributed by atoms with van der Waals surface area (Å²) in [4.78, 5) is 17.7. The number of aliphatic hydroxyl groups excluding tert-OH is 1. The predicted molar refractivity (Wildman–Crippen MR) is 57.7 cm³/mol. The lowest BCUT2D eigenvalue weighted by Gasteiger charge is -2.15. The van der Waals surface area contributed by atoms with Crippen molar-refractivity contribution in [2.24, 2.45) is 5.73 Å². The summed E-state index contributed by atoms with van der Waals surface area (Å²) in [5, 5.41) is 12.0. The minimum atomic E-state index is -0.597. The average molecular weight is 212 g/mol. The van der Waals surface area contributed by atoms with Crippen LogP contribution in [0.4, 0.5) is 5.82 Å². The molecular weight excluding hydrogens is 196 g/mol. The highest BCUT2D eigenvalue weighted by molar-refractivity contribution is 5.32. The van der Waals surface area contributed by atoms with Crippen LogP contribution >= 0.6 is 0 Å². The van der Waals surface area contributed by atoms with Gasteiger partial charge in [0.15, 0.2) is 0 Å². The fourth-order valence-electron chi connectivity index (χ4n) is 1.06. The van der Waals surface area contributed by atoms with E-state index in [0.717, 1.165) is 0 Å². The van der Waals surface area contributed by atoms with E-state index in [1.165, 1.54) is 6.07 Å². The van der Waals surface area contributed by atoms with E-state index in [9.17, 15) is 4.79 Å². The standard InChI is InChI=1S/C9H16N4O2/c1-5(14)7(10)4-11-8-3-9(15)13-6(2)12-8/h3,5,7,14H,4,10H2,1-2H3,(H2,11,12,13,15). The Labute approximate surface area is 87.5 Å². The Kier molecular flexibility index (Phi) is 3.81. The van der Waals surface area contributed by atoms with E-state index in [2.05, 4.69) is 15.3 Å². The highest BCUT2D eigenvalue weighted by Gasteiger charge is 2.08. The predicted octanol–water partition coefficient (Wildman–Crippen LogP) is -0.802. The minimum Gasteiger partial charge on any atom is -0.392 e. The van der Waals surface area contributed by atoms with Gasteiger partial charge >= 0.3 is 0 Å². The van der Waals surface area contributed by atoms with Crippen LogP contribution in [0, 0.1) is 6.92 Å². The zero-order chi connectivity index (χ0) is 11.4. The molecule has 0 amide bonds. The quantitative estimate of drug-likeness (QED) is 0.523. The number of aliphatic hydroxyl groups is 1. The first-order valence-electron chi connectivity index (χ1n) is 4.74. The normalized spacial score (nSPS) is 14.7. The van der Waals surface area contributed by atoms with E-state index in [4.69, 9.17) is 10.8 Å². The number of hydrogen-bond donors (Lipinski definition) is 4. The molecule has 0 aliphatic rings. The fraction of sp³-hybridized carbons (Fsp3) is 0.556. The monoisotopic (exact) mass is 212 g/mol. The van der Waals surface area contributed by atoms with Crippen molar-refractivity contribution in [2.45, 2.75) is 26.0 Å². The SMILES string of the molecule is Cc1nc(NCC(N)C(C)O)cc(=O)[nH]1. The Balaban J connectivity index is 2.61. The summed E-state index contributed by atoms with van der Waals surface area (Å²) in [5.74, 6) is 1.00. The van der Waals surface area contributed by atoms with Crippen LogP contribution in [-0.2, 0) is 0 Å². The molecule has 2 unspecified atom stereocenters. The molecule has 0 fully saturated rings. The van der Waals surface area contributed by atoms with Gasteiger partial charge in [-0.15, -0.1) is 0 Å². The van der Waals surface area contributed by atoms with Crippen LogP contribution in [0.5, 0.6) is 0 Å². The largest absolute Gasteiger partial charge is 0.392 e. The van der Waals surface area contributed by atoms with Gasteiger partial charge in [-0.05, 0) is 13.8 Å². The Morgan fingerprint density at radius 2 is 2.40 bits per heavy atom. The summed E-state index contributed by atoms with van der Waals surface area (Å²) < 4.78 is 0. The highest BCUT2D eigenvalue weighted by atomic mass is 16.3. The van der Waals surface area contributed by atoms with Gasteiger partial charge in [-0.1, -0.05) is 0 Å².